The minimum absolute atomic E-state index is 0.118. The van der Waals surface area contributed by atoms with Gasteiger partial charge in [0.2, 0.25) is 0 Å². The van der Waals surface area contributed by atoms with E-state index in [-0.39, 0.29) is 18.0 Å². The number of carbonyl (C=O) groups excluding carboxylic acids is 1. The van der Waals surface area contributed by atoms with E-state index in [0.717, 1.165) is 12.0 Å². The number of carbonyl (C=O) groups is 1. The lowest BCUT2D eigenvalue weighted by Gasteiger charge is -1.94. The van der Waals surface area contributed by atoms with Gasteiger partial charge in [-0.3, -0.25) is 4.79 Å². The molecule has 1 fully saturated rings. The van der Waals surface area contributed by atoms with Crippen LogP contribution < -0.4 is 11.1 Å². The summed E-state index contributed by atoms with van der Waals surface area (Å²) in [7, 11) is 0. The Morgan fingerprint density at radius 2 is 2.07 bits per heavy atom. The quantitative estimate of drug-likeness (QED) is 0.639. The van der Waals surface area contributed by atoms with E-state index >= 15 is 0 Å². The van der Waals surface area contributed by atoms with Gasteiger partial charge in [-0.15, -0.1) is 0 Å². The van der Waals surface area contributed by atoms with Gasteiger partial charge in [0, 0.05) is 23.6 Å². The summed E-state index contributed by atoms with van der Waals surface area (Å²) in [5, 5.41) is 2.74. The zero-order chi connectivity index (χ0) is 10.7. The molecule has 1 aromatic rings. The van der Waals surface area contributed by atoms with E-state index < -0.39 is 0 Å². The second-order valence-electron chi connectivity index (χ2n) is 3.60. The van der Waals surface area contributed by atoms with Crippen LogP contribution in [0.2, 0.25) is 0 Å². The van der Waals surface area contributed by atoms with Gasteiger partial charge < -0.3 is 11.1 Å². The van der Waals surface area contributed by atoms with Crippen molar-refractivity contribution in [3.8, 4) is 11.8 Å². The highest BCUT2D eigenvalue weighted by Crippen LogP contribution is 2.17. The molecule has 3 heteroatoms. The fraction of sp³-hybridized carbons (Fsp3) is 0.250. The maximum Gasteiger partial charge on any atom is 0.296 e. The largest absolute Gasteiger partial charge is 0.341 e. The lowest BCUT2D eigenvalue weighted by molar-refractivity contribution is -0.115. The molecule has 0 heterocycles. The van der Waals surface area contributed by atoms with Crippen LogP contribution in [0.5, 0.6) is 0 Å². The van der Waals surface area contributed by atoms with Crippen molar-refractivity contribution in [1.29, 1.82) is 0 Å². The molecule has 15 heavy (non-hydrogen) atoms. The molecule has 0 saturated heterocycles. The van der Waals surface area contributed by atoms with Gasteiger partial charge in [0.1, 0.15) is 0 Å². The fourth-order valence-corrected chi connectivity index (χ4v) is 1.24. The lowest BCUT2D eigenvalue weighted by Crippen LogP contribution is -2.28. The van der Waals surface area contributed by atoms with Crippen molar-refractivity contribution in [3.05, 3.63) is 35.9 Å². The zero-order valence-electron chi connectivity index (χ0n) is 8.23. The number of nitrogens with one attached hydrogen (secondary N) is 1. The SMILES string of the molecule is NC1CC1NC(=O)C#Cc1ccccc1. The molecule has 3 nitrogen and oxygen atoms in total. The molecular formula is C12H12N2O. The first-order valence-electron chi connectivity index (χ1n) is 4.89. The molecule has 1 aromatic carbocycles. The van der Waals surface area contributed by atoms with E-state index in [9.17, 15) is 4.79 Å². The van der Waals surface area contributed by atoms with E-state index in [4.69, 9.17) is 5.73 Å². The first kappa shape index (κ1) is 9.75. The van der Waals surface area contributed by atoms with Gasteiger partial charge in [-0.25, -0.2) is 0 Å². The number of hydrogen-bond donors (Lipinski definition) is 2. The molecule has 2 rings (SSSR count). The summed E-state index contributed by atoms with van der Waals surface area (Å²) in [4.78, 5) is 11.3. The Morgan fingerprint density at radius 3 is 2.67 bits per heavy atom. The third kappa shape index (κ3) is 2.83. The molecule has 3 N–H and O–H groups in total. The predicted molar refractivity (Wildman–Crippen MR) is 57.8 cm³/mol. The van der Waals surface area contributed by atoms with Crippen molar-refractivity contribution in [1.82, 2.24) is 5.32 Å². The average Bonchev–Trinajstić information content (AvgIpc) is 2.93. The summed E-state index contributed by atoms with van der Waals surface area (Å²) in [6, 6.07) is 9.66. The van der Waals surface area contributed by atoms with E-state index in [1.807, 2.05) is 30.3 Å². The van der Waals surface area contributed by atoms with Crippen molar-refractivity contribution in [2.75, 3.05) is 0 Å². The number of nitrogens with two attached hydrogens (primary N) is 1. The Hall–Kier alpha value is -1.79. The highest BCUT2D eigenvalue weighted by atomic mass is 16.1. The molecule has 0 radical (unpaired) electrons. The van der Waals surface area contributed by atoms with Gasteiger partial charge in [-0.2, -0.15) is 0 Å². The first-order chi connectivity index (χ1) is 7.25. The molecular weight excluding hydrogens is 188 g/mol. The molecule has 0 aromatic heterocycles. The van der Waals surface area contributed by atoms with Crippen LogP contribution in [0.1, 0.15) is 12.0 Å². The van der Waals surface area contributed by atoms with E-state index in [0.29, 0.717) is 0 Å². The van der Waals surface area contributed by atoms with Crippen LogP contribution in [0.15, 0.2) is 30.3 Å². The van der Waals surface area contributed by atoms with Gasteiger partial charge in [0.15, 0.2) is 0 Å². The second-order valence-corrected chi connectivity index (χ2v) is 3.60. The molecule has 76 valence electrons. The van der Waals surface area contributed by atoms with Crippen molar-refractivity contribution >= 4 is 5.91 Å². The molecule has 0 spiro atoms. The predicted octanol–water partition coefficient (Wildman–Crippen LogP) is 0.254. The number of rotatable bonds is 1. The molecule has 0 aliphatic heterocycles. The monoisotopic (exact) mass is 200 g/mol. The van der Waals surface area contributed by atoms with Crippen molar-refractivity contribution in [3.63, 3.8) is 0 Å². The third-order valence-electron chi connectivity index (χ3n) is 2.25. The topological polar surface area (TPSA) is 55.1 Å². The van der Waals surface area contributed by atoms with Crippen molar-refractivity contribution in [2.24, 2.45) is 5.73 Å². The molecule has 2 atom stereocenters. The van der Waals surface area contributed by atoms with E-state index in [1.165, 1.54) is 0 Å². The minimum Gasteiger partial charge on any atom is -0.341 e. The standard InChI is InChI=1S/C12H12N2O/c13-10-8-11(10)14-12(15)7-6-9-4-2-1-3-5-9/h1-5,10-11H,8,13H2,(H,14,15). The van der Waals surface area contributed by atoms with E-state index in [2.05, 4.69) is 17.2 Å². The molecule has 1 aliphatic rings. The van der Waals surface area contributed by atoms with Crippen LogP contribution in [0.4, 0.5) is 0 Å². The van der Waals surface area contributed by atoms with Gasteiger partial charge in [-0.1, -0.05) is 24.1 Å². The highest BCUT2D eigenvalue weighted by molar-refractivity contribution is 5.94. The summed E-state index contributed by atoms with van der Waals surface area (Å²) < 4.78 is 0. The van der Waals surface area contributed by atoms with Crippen LogP contribution in [0.25, 0.3) is 0 Å². The summed E-state index contributed by atoms with van der Waals surface area (Å²) in [5.74, 6) is 5.07. The fourth-order valence-electron chi connectivity index (χ4n) is 1.24. The Bertz CT molecular complexity index is 416. The third-order valence-corrected chi connectivity index (χ3v) is 2.25. The maximum atomic E-state index is 11.3. The van der Waals surface area contributed by atoms with E-state index in [1.54, 1.807) is 0 Å². The Balaban J connectivity index is 1.91. The molecule has 1 aliphatic carbocycles. The van der Waals surface area contributed by atoms with Crippen LogP contribution in [-0.2, 0) is 4.79 Å². The molecule has 1 saturated carbocycles. The number of benzene rings is 1. The minimum atomic E-state index is -0.253. The van der Waals surface area contributed by atoms with Gasteiger partial charge >= 0.3 is 0 Å². The first-order valence-corrected chi connectivity index (χ1v) is 4.89. The second kappa shape index (κ2) is 4.16. The van der Waals surface area contributed by atoms with Gasteiger partial charge in [0.05, 0.1) is 0 Å². The summed E-state index contributed by atoms with van der Waals surface area (Å²) >= 11 is 0. The average molecular weight is 200 g/mol. The number of hydrogen-bond acceptors (Lipinski definition) is 2. The zero-order valence-corrected chi connectivity index (χ0v) is 8.23. The Kier molecular flexibility index (Phi) is 2.70. The highest BCUT2D eigenvalue weighted by Gasteiger charge is 2.34. The summed E-state index contributed by atoms with van der Waals surface area (Å²) in [5.41, 5.74) is 6.40. The van der Waals surface area contributed by atoms with Crippen LogP contribution in [-0.4, -0.2) is 18.0 Å². The van der Waals surface area contributed by atoms with Crippen molar-refractivity contribution < 1.29 is 4.79 Å². The molecule has 2 unspecified atom stereocenters. The Morgan fingerprint density at radius 1 is 1.40 bits per heavy atom. The molecule has 0 bridgehead atoms. The summed E-state index contributed by atoms with van der Waals surface area (Å²) in [6.45, 7) is 0. The van der Waals surface area contributed by atoms with Crippen LogP contribution in [0.3, 0.4) is 0 Å². The summed E-state index contributed by atoms with van der Waals surface area (Å²) in [6.07, 6.45) is 0.860. The van der Waals surface area contributed by atoms with Crippen molar-refractivity contribution in [2.45, 2.75) is 18.5 Å². The maximum absolute atomic E-state index is 11.3. The van der Waals surface area contributed by atoms with Crippen LogP contribution in [0, 0.1) is 11.8 Å². The van der Waals surface area contributed by atoms with Gasteiger partial charge in [0.25, 0.3) is 5.91 Å². The molecule has 1 amide bonds. The smallest absolute Gasteiger partial charge is 0.296 e. The Labute approximate surface area is 88.7 Å². The normalized spacial score (nSPS) is 22.5. The number of amides is 1. The van der Waals surface area contributed by atoms with Crippen LogP contribution >= 0.6 is 0 Å². The van der Waals surface area contributed by atoms with Gasteiger partial charge in [-0.05, 0) is 18.6 Å². The lowest BCUT2D eigenvalue weighted by atomic mass is 10.2.